The summed E-state index contributed by atoms with van der Waals surface area (Å²) in [5, 5.41) is 7.99. The molecule has 2 unspecified atom stereocenters. The van der Waals surface area contributed by atoms with Crippen molar-refractivity contribution in [2.45, 2.75) is 92.5 Å². The van der Waals surface area contributed by atoms with Crippen LogP contribution in [-0.2, 0) is 29.8 Å². The van der Waals surface area contributed by atoms with Gasteiger partial charge in [-0.05, 0) is 93.0 Å². The molecule has 0 bridgehead atoms. The Balaban J connectivity index is 1.01. The van der Waals surface area contributed by atoms with Gasteiger partial charge in [0.1, 0.15) is 5.75 Å². The lowest BCUT2D eigenvalue weighted by molar-refractivity contribution is -0.174. The van der Waals surface area contributed by atoms with Crippen molar-refractivity contribution in [1.29, 1.82) is 0 Å². The number of anilines is 2. The smallest absolute Gasteiger partial charge is 0.335 e. The van der Waals surface area contributed by atoms with E-state index in [1.807, 2.05) is 7.11 Å². The number of benzene rings is 2. The largest absolute Gasteiger partial charge is 0.495 e. The number of fused-ring (bicyclic) bond motifs is 4. The first kappa shape index (κ1) is 30.2. The summed E-state index contributed by atoms with van der Waals surface area (Å²) >= 11 is 0. The first-order valence-electron chi connectivity index (χ1n) is 20.3. The molecule has 8 heterocycles. The van der Waals surface area contributed by atoms with Crippen LogP contribution in [0.5, 0.6) is 5.75 Å². The zero-order valence-electron chi connectivity index (χ0n) is 30.4. The summed E-state index contributed by atoms with van der Waals surface area (Å²) in [7, 11) is 3.42. The van der Waals surface area contributed by atoms with Gasteiger partial charge in [-0.25, -0.2) is 4.79 Å². The minimum absolute atomic E-state index is 0.0486. The highest BCUT2D eigenvalue weighted by Crippen LogP contribution is 2.75. The lowest BCUT2D eigenvalue weighted by Crippen LogP contribution is -2.75. The monoisotopic (exact) mass is 702 g/mol. The third-order valence-electron chi connectivity index (χ3n) is 17.6. The van der Waals surface area contributed by atoms with Gasteiger partial charge in [0.2, 0.25) is 0 Å². The van der Waals surface area contributed by atoms with E-state index in [2.05, 4.69) is 62.9 Å². The maximum Gasteiger partial charge on any atom is 0.335 e. The van der Waals surface area contributed by atoms with Gasteiger partial charge in [0.25, 0.3) is 0 Å². The second-order valence-electron chi connectivity index (χ2n) is 18.9. The molecule has 2 aromatic rings. The van der Waals surface area contributed by atoms with Crippen molar-refractivity contribution < 1.29 is 23.7 Å². The number of carbonyl (C=O) groups excluding carboxylic acids is 1. The van der Waals surface area contributed by atoms with Crippen LogP contribution in [0.25, 0.3) is 0 Å². The fourth-order valence-corrected chi connectivity index (χ4v) is 16.9. The highest BCUT2D eigenvalue weighted by atomic mass is 16.5. The standard InChI is InChI=1S/C43H50N4O5/c1-49-30-9-5-7-27-32(30)47-23-39(18-24-19-40-13-16-51-31(40)11-10-29-33(40)43(27,21-44-29)35(24)47)22-46-15-12-42-26-6-3-4-8-28(26)45-34(42)25(36(48)50-2)20-41(37(42)46)14-17-52-38(39)41/h3-9,24,29,31,33,35,37-38,44-45H,10-23H2,1-2H3/t24-,29?,31+,33+,35+,37+,38+,39+,40-,41?,42+,43-/m1/s1. The van der Waals surface area contributed by atoms with Crippen LogP contribution in [0.3, 0.4) is 0 Å². The number of methoxy groups -OCH3 is 2. The molecular weight excluding hydrogens is 652 g/mol. The van der Waals surface area contributed by atoms with E-state index >= 15 is 0 Å². The maximum absolute atomic E-state index is 14.0. The van der Waals surface area contributed by atoms with Gasteiger partial charge in [-0.2, -0.15) is 0 Å². The topological polar surface area (TPSA) is 84.5 Å². The Bertz CT molecular complexity index is 2000. The molecule has 0 aromatic heterocycles. The molecule has 8 aliphatic heterocycles. The molecule has 3 aliphatic carbocycles. The Morgan fingerprint density at radius 1 is 0.942 bits per heavy atom. The SMILES string of the molecule is COC(=O)C1=C2Nc3ccccc3[C@@]23CCN2C[C@]4(C[C@@H]5C[C@]67CCO[C@H]6CCC6NC[C@@]8(c9cccc(OC)c9N(C4)[C@@H]58)[C@@H]67)[C@@H]4OCCC4(C1)[C@H]23. The van der Waals surface area contributed by atoms with Crippen molar-refractivity contribution in [2.75, 3.05) is 63.8 Å². The molecule has 5 spiro atoms. The molecule has 2 N–H and O–H groups in total. The van der Waals surface area contributed by atoms with E-state index in [1.165, 1.54) is 48.9 Å². The highest BCUT2D eigenvalue weighted by Gasteiger charge is 2.79. The number of nitrogens with one attached hydrogen (secondary N) is 2. The van der Waals surface area contributed by atoms with Crippen LogP contribution in [-0.4, -0.2) is 94.8 Å². The minimum Gasteiger partial charge on any atom is -0.495 e. The Hall–Kier alpha value is -3.11. The molecular formula is C43H50N4O5. The van der Waals surface area contributed by atoms with Crippen LogP contribution in [0.1, 0.15) is 62.5 Å². The van der Waals surface area contributed by atoms with Crippen molar-refractivity contribution >= 4 is 17.3 Å². The van der Waals surface area contributed by atoms with Gasteiger partial charge >= 0.3 is 5.97 Å². The minimum atomic E-state index is -0.255. The quantitative estimate of drug-likeness (QED) is 0.432. The average Bonchev–Trinajstić information content (AvgIpc) is 4.02. The van der Waals surface area contributed by atoms with Crippen molar-refractivity contribution in [2.24, 2.45) is 28.1 Å². The molecule has 6 saturated heterocycles. The Morgan fingerprint density at radius 3 is 2.71 bits per heavy atom. The summed E-state index contributed by atoms with van der Waals surface area (Å²) < 4.78 is 26.0. The predicted octanol–water partition coefficient (Wildman–Crippen LogP) is 4.75. The number of hydrogen-bond donors (Lipinski definition) is 2. The molecule has 52 heavy (non-hydrogen) atoms. The fourth-order valence-electron chi connectivity index (χ4n) is 16.9. The van der Waals surface area contributed by atoms with E-state index in [0.29, 0.717) is 36.4 Å². The number of para-hydroxylation sites is 2. The number of nitrogens with zero attached hydrogens (tertiary/aromatic N) is 2. The first-order valence-corrected chi connectivity index (χ1v) is 20.3. The third kappa shape index (κ3) is 3.05. The van der Waals surface area contributed by atoms with Gasteiger partial charge in [-0.15, -0.1) is 0 Å². The van der Waals surface area contributed by atoms with Crippen LogP contribution in [0.15, 0.2) is 53.7 Å². The van der Waals surface area contributed by atoms with E-state index in [4.69, 9.17) is 18.9 Å². The first-order chi connectivity index (χ1) is 25.4. The molecule has 11 aliphatic rings. The summed E-state index contributed by atoms with van der Waals surface area (Å²) in [5.74, 6) is 1.94. The van der Waals surface area contributed by atoms with Crippen molar-refractivity contribution in [3.63, 3.8) is 0 Å². The molecule has 9 heteroatoms. The van der Waals surface area contributed by atoms with Crippen LogP contribution >= 0.6 is 0 Å². The van der Waals surface area contributed by atoms with Crippen molar-refractivity contribution in [1.82, 2.24) is 10.2 Å². The van der Waals surface area contributed by atoms with E-state index in [0.717, 1.165) is 74.9 Å². The zero-order valence-corrected chi connectivity index (χ0v) is 30.4. The van der Waals surface area contributed by atoms with Crippen molar-refractivity contribution in [3.8, 4) is 5.75 Å². The summed E-state index contributed by atoms with van der Waals surface area (Å²) in [6, 6.07) is 17.0. The van der Waals surface area contributed by atoms with Gasteiger partial charge in [0, 0.05) is 84.0 Å². The molecule has 8 fully saturated rings. The fraction of sp³-hybridized carbons (Fsp3) is 0.651. The summed E-state index contributed by atoms with van der Waals surface area (Å²) in [5.41, 5.74) is 7.05. The maximum atomic E-state index is 14.0. The number of rotatable bonds is 2. The van der Waals surface area contributed by atoms with E-state index in [9.17, 15) is 4.79 Å². The predicted molar refractivity (Wildman–Crippen MR) is 194 cm³/mol. The molecule has 9 nitrogen and oxygen atoms in total. The normalized spacial score (nSPS) is 47.9. The Labute approximate surface area is 305 Å². The highest BCUT2D eigenvalue weighted by molar-refractivity contribution is 5.93. The van der Waals surface area contributed by atoms with Crippen molar-refractivity contribution in [3.05, 3.63) is 64.9 Å². The summed E-state index contributed by atoms with van der Waals surface area (Å²) in [6.07, 6.45) is 9.07. The second-order valence-corrected chi connectivity index (χ2v) is 18.9. The second kappa shape index (κ2) is 9.57. The Kier molecular flexibility index (Phi) is 5.57. The molecule has 13 rings (SSSR count). The summed E-state index contributed by atoms with van der Waals surface area (Å²) in [4.78, 5) is 19.7. The van der Waals surface area contributed by atoms with Crippen LogP contribution in [0, 0.1) is 28.1 Å². The molecule has 2 saturated carbocycles. The van der Waals surface area contributed by atoms with Crippen LogP contribution in [0.2, 0.25) is 0 Å². The van der Waals surface area contributed by atoms with Gasteiger partial charge in [-0.1, -0.05) is 30.3 Å². The zero-order chi connectivity index (χ0) is 34.4. The molecule has 12 atom stereocenters. The van der Waals surface area contributed by atoms with E-state index in [-0.39, 0.29) is 45.2 Å². The Morgan fingerprint density at radius 2 is 1.81 bits per heavy atom. The number of carbonyl (C=O) groups is 1. The number of ether oxygens (including phenoxy) is 4. The average molecular weight is 703 g/mol. The van der Waals surface area contributed by atoms with Gasteiger partial charge < -0.3 is 34.5 Å². The van der Waals surface area contributed by atoms with Crippen LogP contribution in [0.4, 0.5) is 11.4 Å². The number of piperidine rings is 2. The molecule has 0 amide bonds. The molecule has 2 aromatic carbocycles. The van der Waals surface area contributed by atoms with Gasteiger partial charge in [0.05, 0.1) is 43.1 Å². The van der Waals surface area contributed by atoms with Gasteiger partial charge in [0.15, 0.2) is 0 Å². The number of esters is 1. The number of hydrogen-bond acceptors (Lipinski definition) is 9. The summed E-state index contributed by atoms with van der Waals surface area (Å²) in [6.45, 7) is 5.72. The lowest BCUT2D eigenvalue weighted by Gasteiger charge is -2.68. The van der Waals surface area contributed by atoms with E-state index < -0.39 is 0 Å². The third-order valence-corrected chi connectivity index (χ3v) is 17.6. The molecule has 0 radical (unpaired) electrons. The lowest BCUT2D eigenvalue weighted by atomic mass is 9.42. The molecule has 272 valence electrons. The van der Waals surface area contributed by atoms with E-state index in [1.54, 1.807) is 7.11 Å². The van der Waals surface area contributed by atoms with Crippen LogP contribution < -0.4 is 20.3 Å². The van der Waals surface area contributed by atoms with Gasteiger partial charge in [-0.3, -0.25) is 4.90 Å².